The monoisotopic (exact) mass is 513 g/mol. The Balaban J connectivity index is -0.000000471. The van der Waals surface area contributed by atoms with Gasteiger partial charge in [0.2, 0.25) is 0 Å². The Labute approximate surface area is 193 Å². The van der Waals surface area contributed by atoms with Gasteiger partial charge in [-0.1, -0.05) is 64.7 Å². The van der Waals surface area contributed by atoms with E-state index in [0.29, 0.717) is 6.42 Å². The molecular weight excluding hydrogens is 470 g/mol. The van der Waals surface area contributed by atoms with Crippen LogP contribution in [-0.4, -0.2) is 76.0 Å². The molecule has 3 atom stereocenters. The second-order valence-corrected chi connectivity index (χ2v) is 9.21. The maximum Gasteiger partial charge on any atom is 0.397 e. The van der Waals surface area contributed by atoms with Gasteiger partial charge in [-0.3, -0.25) is 13.7 Å². The van der Waals surface area contributed by atoms with Crippen LogP contribution in [0.4, 0.5) is 0 Å². The standard InChI is InChI=1S/C12H26O4S.C6H15NO3.H2O4S/c1-2-3-4-5-6-7-8-9-10-11-12-16-17(13,14)15;1-4(8)7(5(2)9)6(3)10;1-5(2,3)4/h2-12H2,1H3,(H,13,14,15);4-6,8-10H,1-3H3;(H2,1,2,3,4). The molecule has 0 radical (unpaired) electrons. The number of aliphatic hydroxyl groups excluding tert-OH is 3. The van der Waals surface area contributed by atoms with Gasteiger partial charge in [0.05, 0.1) is 6.61 Å². The minimum Gasteiger partial charge on any atom is -0.379 e. The Morgan fingerprint density at radius 2 is 0.938 bits per heavy atom. The molecule has 6 N–H and O–H groups in total. The number of nitrogens with zero attached hydrogens (tertiary/aromatic N) is 1. The molecule has 0 spiro atoms. The highest BCUT2D eigenvalue weighted by Gasteiger charge is 2.20. The lowest BCUT2D eigenvalue weighted by molar-refractivity contribution is -0.159. The van der Waals surface area contributed by atoms with Gasteiger partial charge in [-0.25, -0.2) is 9.08 Å². The van der Waals surface area contributed by atoms with Crippen LogP contribution in [0.5, 0.6) is 0 Å². The van der Waals surface area contributed by atoms with E-state index < -0.39 is 39.5 Å². The first-order valence-electron chi connectivity index (χ1n) is 10.7. The molecule has 0 aromatic heterocycles. The zero-order valence-corrected chi connectivity index (χ0v) is 21.1. The molecule has 0 aliphatic carbocycles. The lowest BCUT2D eigenvalue weighted by Crippen LogP contribution is -2.45. The fraction of sp³-hybridized carbons (Fsp3) is 1.00. The number of hydrogen-bond donors (Lipinski definition) is 6. The van der Waals surface area contributed by atoms with Crippen molar-refractivity contribution < 1.29 is 50.0 Å². The van der Waals surface area contributed by atoms with Crippen molar-refractivity contribution in [2.45, 2.75) is 111 Å². The predicted molar refractivity (Wildman–Crippen MR) is 120 cm³/mol. The molecule has 198 valence electrons. The summed E-state index contributed by atoms with van der Waals surface area (Å²) in [6.07, 6.45) is 9.35. The fourth-order valence-electron chi connectivity index (χ4n) is 2.69. The maximum atomic E-state index is 10.2. The molecule has 0 rings (SSSR count). The topological polar surface area (TPSA) is 202 Å². The van der Waals surface area contributed by atoms with Crippen molar-refractivity contribution in [2.75, 3.05) is 6.61 Å². The van der Waals surface area contributed by atoms with E-state index in [1.807, 2.05) is 0 Å². The highest BCUT2D eigenvalue weighted by molar-refractivity contribution is 7.80. The summed E-state index contributed by atoms with van der Waals surface area (Å²) >= 11 is 0. The van der Waals surface area contributed by atoms with Crippen molar-refractivity contribution in [3.05, 3.63) is 0 Å². The second-order valence-electron chi connectivity index (χ2n) is 7.22. The highest BCUT2D eigenvalue weighted by atomic mass is 32.3. The SMILES string of the molecule is CC(O)N(C(C)O)C(C)O.CCCCCCCCCCCCOS(=O)(=O)O.O=S(=O)(O)O. The Kier molecular flexibility index (Phi) is 23.9. The molecule has 0 amide bonds. The highest BCUT2D eigenvalue weighted by Crippen LogP contribution is 2.10. The molecule has 0 aromatic rings. The zero-order valence-electron chi connectivity index (χ0n) is 19.5. The second kappa shape index (κ2) is 21.1. The van der Waals surface area contributed by atoms with Crippen molar-refractivity contribution in [1.29, 1.82) is 0 Å². The summed E-state index contributed by atoms with van der Waals surface area (Å²) in [5.41, 5.74) is 0. The normalized spacial score (nSPS) is 14.6. The number of rotatable bonds is 15. The largest absolute Gasteiger partial charge is 0.397 e. The minimum absolute atomic E-state index is 0.0926. The molecule has 32 heavy (non-hydrogen) atoms. The third-order valence-corrected chi connectivity index (χ3v) is 4.49. The van der Waals surface area contributed by atoms with Crippen LogP contribution in [0.15, 0.2) is 0 Å². The molecule has 0 aromatic carbocycles. The van der Waals surface area contributed by atoms with Gasteiger partial charge in [0.1, 0.15) is 18.7 Å². The summed E-state index contributed by atoms with van der Waals surface area (Å²) in [4.78, 5) is 1.17. The van der Waals surface area contributed by atoms with Gasteiger partial charge in [-0.2, -0.15) is 16.8 Å². The van der Waals surface area contributed by atoms with Crippen LogP contribution >= 0.6 is 0 Å². The first kappa shape index (κ1) is 36.2. The molecule has 0 heterocycles. The summed E-state index contributed by atoms with van der Waals surface area (Å²) in [6, 6.07) is 0. The average molecular weight is 514 g/mol. The van der Waals surface area contributed by atoms with Crippen LogP contribution in [0.1, 0.15) is 91.9 Å². The smallest absolute Gasteiger partial charge is 0.379 e. The van der Waals surface area contributed by atoms with E-state index in [4.69, 9.17) is 37.4 Å². The first-order valence-corrected chi connectivity index (χ1v) is 13.4. The van der Waals surface area contributed by atoms with Gasteiger partial charge < -0.3 is 15.3 Å². The van der Waals surface area contributed by atoms with E-state index in [0.717, 1.165) is 12.8 Å². The van der Waals surface area contributed by atoms with Gasteiger partial charge in [0, 0.05) is 0 Å². The molecule has 14 heteroatoms. The van der Waals surface area contributed by atoms with E-state index in [2.05, 4.69) is 11.1 Å². The molecule has 3 unspecified atom stereocenters. The predicted octanol–water partition coefficient (Wildman–Crippen LogP) is 2.38. The quantitative estimate of drug-likeness (QED) is 0.106. The van der Waals surface area contributed by atoms with Crippen molar-refractivity contribution in [2.24, 2.45) is 0 Å². The van der Waals surface area contributed by atoms with Gasteiger partial charge in [0.15, 0.2) is 0 Å². The van der Waals surface area contributed by atoms with Crippen LogP contribution in [0.2, 0.25) is 0 Å². The number of hydrogen-bond acceptors (Lipinski definition) is 9. The van der Waals surface area contributed by atoms with Crippen LogP contribution in [0.25, 0.3) is 0 Å². The van der Waals surface area contributed by atoms with Crippen LogP contribution in [0, 0.1) is 0 Å². The van der Waals surface area contributed by atoms with E-state index in [1.165, 1.54) is 70.6 Å². The van der Waals surface area contributed by atoms with Gasteiger partial charge in [-0.15, -0.1) is 0 Å². The number of aliphatic hydroxyl groups is 3. The van der Waals surface area contributed by atoms with E-state index in [9.17, 15) is 8.42 Å². The van der Waals surface area contributed by atoms with Crippen LogP contribution < -0.4 is 0 Å². The van der Waals surface area contributed by atoms with Crippen molar-refractivity contribution in [3.63, 3.8) is 0 Å². The van der Waals surface area contributed by atoms with Crippen molar-refractivity contribution >= 4 is 20.8 Å². The Morgan fingerprint density at radius 3 is 1.16 bits per heavy atom. The molecule has 0 fully saturated rings. The minimum atomic E-state index is -4.67. The van der Waals surface area contributed by atoms with Crippen molar-refractivity contribution in [3.8, 4) is 0 Å². The molecule has 0 aliphatic rings. The lowest BCUT2D eigenvalue weighted by Gasteiger charge is -2.30. The summed E-state index contributed by atoms with van der Waals surface area (Å²) in [7, 11) is -8.90. The van der Waals surface area contributed by atoms with E-state index >= 15 is 0 Å². The first-order chi connectivity index (χ1) is 14.5. The third kappa shape index (κ3) is 36.9. The average Bonchev–Trinajstić information content (AvgIpc) is 2.56. The van der Waals surface area contributed by atoms with Crippen molar-refractivity contribution in [1.82, 2.24) is 4.90 Å². The van der Waals surface area contributed by atoms with Gasteiger partial charge in [-0.05, 0) is 27.2 Å². The summed E-state index contributed by atoms with van der Waals surface area (Å²) < 4.78 is 64.6. The summed E-state index contributed by atoms with van der Waals surface area (Å²) in [5, 5.41) is 26.9. The van der Waals surface area contributed by atoms with Crippen LogP contribution in [-0.2, 0) is 25.0 Å². The summed E-state index contributed by atoms with van der Waals surface area (Å²) in [5.74, 6) is 0. The number of unbranched alkanes of at least 4 members (excludes halogenated alkanes) is 9. The molecule has 0 saturated heterocycles. The van der Waals surface area contributed by atoms with E-state index in [1.54, 1.807) is 0 Å². The molecule has 0 saturated carbocycles. The molecule has 0 bridgehead atoms. The zero-order chi connectivity index (χ0) is 25.8. The Hall–Kier alpha value is -0.420. The lowest BCUT2D eigenvalue weighted by atomic mass is 10.1. The molecule has 0 aliphatic heterocycles. The van der Waals surface area contributed by atoms with E-state index in [-0.39, 0.29) is 6.61 Å². The fourth-order valence-corrected chi connectivity index (χ4v) is 3.02. The van der Waals surface area contributed by atoms with Crippen LogP contribution in [0.3, 0.4) is 0 Å². The Morgan fingerprint density at radius 1 is 0.656 bits per heavy atom. The third-order valence-electron chi connectivity index (χ3n) is 4.02. The summed E-state index contributed by atoms with van der Waals surface area (Å²) in [6.45, 7) is 6.77. The molecular formula is C18H43NO11S2. The molecule has 12 nitrogen and oxygen atoms in total. The Bertz CT molecular complexity index is 581. The maximum absolute atomic E-state index is 10.2. The van der Waals surface area contributed by atoms with Gasteiger partial charge >= 0.3 is 20.8 Å². The van der Waals surface area contributed by atoms with Gasteiger partial charge in [0.25, 0.3) is 0 Å².